The van der Waals surface area contributed by atoms with Crippen molar-refractivity contribution in [2.45, 2.75) is 13.0 Å². The van der Waals surface area contributed by atoms with Gasteiger partial charge in [0.25, 0.3) is 0 Å². The zero-order valence-electron chi connectivity index (χ0n) is 8.79. The normalized spacial score (nSPS) is 9.31. The largest absolute Gasteiger partial charge is 0.497 e. The lowest BCUT2D eigenvalue weighted by molar-refractivity contribution is -0.120. The van der Waals surface area contributed by atoms with E-state index in [-0.39, 0.29) is 12.3 Å². The van der Waals surface area contributed by atoms with Crippen LogP contribution in [0.5, 0.6) is 5.75 Å². The van der Waals surface area contributed by atoms with Crippen molar-refractivity contribution in [3.05, 3.63) is 28.8 Å². The monoisotopic (exact) mass is 238 g/mol. The van der Waals surface area contributed by atoms with Crippen molar-refractivity contribution in [1.29, 1.82) is 5.26 Å². The molecule has 0 bridgehead atoms. The van der Waals surface area contributed by atoms with E-state index < -0.39 is 0 Å². The number of rotatable bonds is 4. The summed E-state index contributed by atoms with van der Waals surface area (Å²) in [5.41, 5.74) is 0.786. The lowest BCUT2D eigenvalue weighted by Crippen LogP contribution is -2.21. The van der Waals surface area contributed by atoms with Crippen LogP contribution in [-0.4, -0.2) is 13.0 Å². The maximum Gasteiger partial charge on any atom is 0.234 e. The summed E-state index contributed by atoms with van der Waals surface area (Å²) in [5.74, 6) is 0.353. The molecular weight excluding hydrogens is 228 g/mol. The van der Waals surface area contributed by atoms with Crippen LogP contribution in [0.2, 0.25) is 5.02 Å². The van der Waals surface area contributed by atoms with Gasteiger partial charge in [-0.1, -0.05) is 17.7 Å². The van der Waals surface area contributed by atoms with Crippen LogP contribution in [-0.2, 0) is 11.3 Å². The lowest BCUT2D eigenvalue weighted by Gasteiger charge is -2.07. The standard InChI is InChI=1S/C11H11ClN2O2/c1-16-9-3-2-8(10(12)6-9)7-14-11(15)4-5-13/h2-3,6H,4,7H2,1H3,(H,14,15). The molecule has 16 heavy (non-hydrogen) atoms. The summed E-state index contributed by atoms with van der Waals surface area (Å²) < 4.78 is 5.00. The van der Waals surface area contributed by atoms with E-state index in [2.05, 4.69) is 5.32 Å². The number of nitrogens with zero attached hydrogens (tertiary/aromatic N) is 1. The number of nitriles is 1. The highest BCUT2D eigenvalue weighted by Gasteiger charge is 2.04. The highest BCUT2D eigenvalue weighted by molar-refractivity contribution is 6.31. The van der Waals surface area contributed by atoms with Crippen molar-refractivity contribution in [2.75, 3.05) is 7.11 Å². The summed E-state index contributed by atoms with van der Waals surface area (Å²) in [4.78, 5) is 11.0. The molecule has 5 heteroatoms. The number of nitrogens with one attached hydrogen (secondary N) is 1. The molecule has 1 aromatic carbocycles. The van der Waals surface area contributed by atoms with E-state index in [0.717, 1.165) is 5.56 Å². The predicted molar refractivity (Wildman–Crippen MR) is 60.1 cm³/mol. The minimum absolute atomic E-state index is 0.145. The van der Waals surface area contributed by atoms with Crippen LogP contribution in [0.4, 0.5) is 0 Å². The Labute approximate surface area is 98.8 Å². The fraction of sp³-hybridized carbons (Fsp3) is 0.273. The molecule has 0 saturated heterocycles. The van der Waals surface area contributed by atoms with E-state index in [9.17, 15) is 4.79 Å². The van der Waals surface area contributed by atoms with Gasteiger partial charge in [0.1, 0.15) is 12.2 Å². The summed E-state index contributed by atoms with van der Waals surface area (Å²) in [7, 11) is 1.56. The smallest absolute Gasteiger partial charge is 0.234 e. The summed E-state index contributed by atoms with van der Waals surface area (Å²) in [6.07, 6.45) is -0.145. The lowest BCUT2D eigenvalue weighted by atomic mass is 10.2. The minimum atomic E-state index is -0.311. The molecule has 0 fully saturated rings. The molecule has 0 unspecified atom stereocenters. The van der Waals surface area contributed by atoms with E-state index >= 15 is 0 Å². The SMILES string of the molecule is COc1ccc(CNC(=O)CC#N)c(Cl)c1. The molecule has 84 valence electrons. The van der Waals surface area contributed by atoms with Crippen LogP contribution in [0.15, 0.2) is 18.2 Å². The predicted octanol–water partition coefficient (Wildman–Crippen LogP) is 1.88. The molecular formula is C11H11ClN2O2. The number of benzene rings is 1. The Bertz CT molecular complexity index is 426. The molecule has 1 N–H and O–H groups in total. The molecule has 0 atom stereocenters. The van der Waals surface area contributed by atoms with E-state index in [1.807, 2.05) is 0 Å². The van der Waals surface area contributed by atoms with Crippen molar-refractivity contribution in [3.63, 3.8) is 0 Å². The zero-order chi connectivity index (χ0) is 12.0. The van der Waals surface area contributed by atoms with Crippen molar-refractivity contribution >= 4 is 17.5 Å². The average Bonchev–Trinajstić information content (AvgIpc) is 2.27. The fourth-order valence-corrected chi connectivity index (χ4v) is 1.36. The molecule has 1 rings (SSSR count). The number of carbonyl (C=O) groups excluding carboxylic acids is 1. The van der Waals surface area contributed by atoms with Gasteiger partial charge < -0.3 is 10.1 Å². The van der Waals surface area contributed by atoms with Crippen LogP contribution in [0.3, 0.4) is 0 Å². The molecule has 1 amide bonds. The number of carbonyl (C=O) groups is 1. The van der Waals surface area contributed by atoms with Crippen molar-refractivity contribution in [1.82, 2.24) is 5.32 Å². The third kappa shape index (κ3) is 3.44. The third-order valence-electron chi connectivity index (χ3n) is 1.98. The van der Waals surface area contributed by atoms with Gasteiger partial charge >= 0.3 is 0 Å². The Morgan fingerprint density at radius 3 is 2.94 bits per heavy atom. The number of methoxy groups -OCH3 is 1. The van der Waals surface area contributed by atoms with Crippen LogP contribution in [0.1, 0.15) is 12.0 Å². The molecule has 0 heterocycles. The van der Waals surface area contributed by atoms with Crippen molar-refractivity contribution in [3.8, 4) is 11.8 Å². The van der Waals surface area contributed by atoms with Gasteiger partial charge in [-0.3, -0.25) is 4.79 Å². The maximum absolute atomic E-state index is 11.0. The fourth-order valence-electron chi connectivity index (χ4n) is 1.13. The second-order valence-electron chi connectivity index (χ2n) is 3.07. The maximum atomic E-state index is 11.0. The first-order chi connectivity index (χ1) is 7.67. The molecule has 0 aliphatic rings. The van der Waals surface area contributed by atoms with Crippen LogP contribution >= 0.6 is 11.6 Å². The summed E-state index contributed by atoms with van der Waals surface area (Å²) in [6, 6.07) is 6.98. The highest BCUT2D eigenvalue weighted by Crippen LogP contribution is 2.22. The van der Waals surface area contributed by atoms with Gasteiger partial charge in [-0.2, -0.15) is 5.26 Å². The average molecular weight is 239 g/mol. The van der Waals surface area contributed by atoms with E-state index in [1.54, 1.807) is 31.4 Å². The van der Waals surface area contributed by atoms with E-state index in [0.29, 0.717) is 17.3 Å². The molecule has 0 saturated carbocycles. The molecule has 0 radical (unpaired) electrons. The number of halogens is 1. The van der Waals surface area contributed by atoms with Crippen LogP contribution in [0, 0.1) is 11.3 Å². The number of ether oxygens (including phenoxy) is 1. The Hall–Kier alpha value is -1.73. The molecule has 0 aliphatic carbocycles. The Kier molecular flexibility index (Phi) is 4.62. The summed E-state index contributed by atoms with van der Waals surface area (Å²) in [5, 5.41) is 11.4. The van der Waals surface area contributed by atoms with Gasteiger partial charge in [-0.25, -0.2) is 0 Å². The van der Waals surface area contributed by atoms with Crippen molar-refractivity contribution < 1.29 is 9.53 Å². The van der Waals surface area contributed by atoms with E-state index in [1.165, 1.54) is 0 Å². The van der Waals surface area contributed by atoms with Gasteiger partial charge in [0.15, 0.2) is 0 Å². The van der Waals surface area contributed by atoms with Crippen LogP contribution in [0.25, 0.3) is 0 Å². The van der Waals surface area contributed by atoms with Gasteiger partial charge in [-0.15, -0.1) is 0 Å². The molecule has 1 aromatic rings. The third-order valence-corrected chi connectivity index (χ3v) is 2.33. The first-order valence-electron chi connectivity index (χ1n) is 4.63. The molecule has 0 aliphatic heterocycles. The second kappa shape index (κ2) is 5.99. The highest BCUT2D eigenvalue weighted by atomic mass is 35.5. The number of amides is 1. The summed E-state index contributed by atoms with van der Waals surface area (Å²) in [6.45, 7) is 0.309. The molecule has 4 nitrogen and oxygen atoms in total. The second-order valence-corrected chi connectivity index (χ2v) is 3.48. The Morgan fingerprint density at radius 1 is 1.62 bits per heavy atom. The Balaban J connectivity index is 2.61. The first kappa shape index (κ1) is 12.3. The van der Waals surface area contributed by atoms with Gasteiger partial charge in [-0.05, 0) is 17.7 Å². The first-order valence-corrected chi connectivity index (χ1v) is 5.01. The van der Waals surface area contributed by atoms with Gasteiger partial charge in [0.05, 0.1) is 13.2 Å². The Morgan fingerprint density at radius 2 is 2.38 bits per heavy atom. The minimum Gasteiger partial charge on any atom is -0.497 e. The quantitative estimate of drug-likeness (QED) is 0.871. The summed E-state index contributed by atoms with van der Waals surface area (Å²) >= 11 is 5.97. The van der Waals surface area contributed by atoms with Crippen LogP contribution < -0.4 is 10.1 Å². The molecule has 0 aromatic heterocycles. The number of hydrogen-bond acceptors (Lipinski definition) is 3. The van der Waals surface area contributed by atoms with Gasteiger partial charge in [0, 0.05) is 11.6 Å². The topological polar surface area (TPSA) is 62.1 Å². The zero-order valence-corrected chi connectivity index (χ0v) is 9.54. The van der Waals surface area contributed by atoms with E-state index in [4.69, 9.17) is 21.6 Å². The number of hydrogen-bond donors (Lipinski definition) is 1. The van der Waals surface area contributed by atoms with Crippen molar-refractivity contribution in [2.24, 2.45) is 0 Å². The molecule has 0 spiro atoms. The van der Waals surface area contributed by atoms with Gasteiger partial charge in [0.2, 0.25) is 5.91 Å².